The molecule has 0 saturated carbocycles. The van der Waals surface area contributed by atoms with Crippen molar-refractivity contribution in [3.05, 3.63) is 34.3 Å². The van der Waals surface area contributed by atoms with E-state index in [9.17, 15) is 9.59 Å². The van der Waals surface area contributed by atoms with E-state index in [0.29, 0.717) is 18.7 Å². The molecule has 2 rings (SSSR count). The van der Waals surface area contributed by atoms with Gasteiger partial charge in [0, 0.05) is 29.0 Å². The van der Waals surface area contributed by atoms with Gasteiger partial charge >= 0.3 is 5.97 Å². The van der Waals surface area contributed by atoms with E-state index in [-0.39, 0.29) is 11.8 Å². The van der Waals surface area contributed by atoms with Crippen LogP contribution in [0.2, 0.25) is 0 Å². The minimum absolute atomic E-state index is 0.0369. The lowest BCUT2D eigenvalue weighted by atomic mass is 9.86. The van der Waals surface area contributed by atoms with Gasteiger partial charge in [-0.25, -0.2) is 0 Å². The van der Waals surface area contributed by atoms with Crippen LogP contribution in [0.15, 0.2) is 28.7 Å². The summed E-state index contributed by atoms with van der Waals surface area (Å²) in [6.07, 6.45) is 0. The van der Waals surface area contributed by atoms with Gasteiger partial charge < -0.3 is 10.0 Å². The number of carbonyl (C=O) groups excluding carboxylic acids is 1. The zero-order chi connectivity index (χ0) is 13.3. The first kappa shape index (κ1) is 13.1. The quantitative estimate of drug-likeness (QED) is 0.931. The molecule has 1 atom stereocenters. The molecule has 5 heteroatoms. The van der Waals surface area contributed by atoms with E-state index >= 15 is 0 Å². The highest BCUT2D eigenvalue weighted by Gasteiger charge is 2.37. The van der Waals surface area contributed by atoms with Gasteiger partial charge in [0.25, 0.3) is 5.91 Å². The second kappa shape index (κ2) is 5.10. The molecule has 0 radical (unpaired) electrons. The van der Waals surface area contributed by atoms with Gasteiger partial charge in [-0.2, -0.15) is 0 Å². The topological polar surface area (TPSA) is 57.6 Å². The first-order valence-corrected chi connectivity index (χ1v) is 6.56. The van der Waals surface area contributed by atoms with Crippen LogP contribution in [0.25, 0.3) is 0 Å². The molecule has 1 aromatic carbocycles. The van der Waals surface area contributed by atoms with Gasteiger partial charge in [-0.1, -0.05) is 28.9 Å². The van der Waals surface area contributed by atoms with E-state index in [1.54, 1.807) is 24.0 Å². The van der Waals surface area contributed by atoms with Gasteiger partial charge in [-0.3, -0.25) is 9.59 Å². The first-order valence-electron chi connectivity index (χ1n) is 5.76. The third kappa shape index (κ3) is 2.56. The normalized spacial score (nSPS) is 17.1. The number of aliphatic carboxylic acids is 1. The Labute approximate surface area is 114 Å². The van der Waals surface area contributed by atoms with Crippen LogP contribution < -0.4 is 0 Å². The fraction of sp³-hybridized carbons (Fsp3) is 0.385. The van der Waals surface area contributed by atoms with Gasteiger partial charge in [0.05, 0.1) is 5.92 Å². The average Bonchev–Trinajstić information content (AvgIpc) is 2.26. The van der Waals surface area contributed by atoms with Gasteiger partial charge in [0.2, 0.25) is 0 Å². The number of carboxylic acids is 1. The maximum absolute atomic E-state index is 12.1. The van der Waals surface area contributed by atoms with Crippen molar-refractivity contribution in [2.24, 2.45) is 11.8 Å². The summed E-state index contributed by atoms with van der Waals surface area (Å²) in [6, 6.07) is 7.22. The maximum atomic E-state index is 12.1. The zero-order valence-corrected chi connectivity index (χ0v) is 11.6. The molecular weight excluding hydrogens is 298 g/mol. The fourth-order valence-corrected chi connectivity index (χ4v) is 2.40. The smallest absolute Gasteiger partial charge is 0.306 e. The number of rotatable bonds is 3. The molecule has 18 heavy (non-hydrogen) atoms. The summed E-state index contributed by atoms with van der Waals surface area (Å²) in [6.45, 7) is 2.74. The Morgan fingerprint density at radius 3 is 2.67 bits per heavy atom. The van der Waals surface area contributed by atoms with Crippen LogP contribution in [-0.2, 0) is 4.79 Å². The highest BCUT2D eigenvalue weighted by molar-refractivity contribution is 9.10. The van der Waals surface area contributed by atoms with Crippen molar-refractivity contribution in [2.45, 2.75) is 6.92 Å². The van der Waals surface area contributed by atoms with Crippen LogP contribution in [0.5, 0.6) is 0 Å². The highest BCUT2D eigenvalue weighted by Crippen LogP contribution is 2.26. The molecule has 1 fully saturated rings. The molecule has 1 saturated heterocycles. The van der Waals surface area contributed by atoms with Crippen molar-refractivity contribution < 1.29 is 14.7 Å². The summed E-state index contributed by atoms with van der Waals surface area (Å²) >= 11 is 3.33. The van der Waals surface area contributed by atoms with Crippen LogP contribution in [0.1, 0.15) is 17.3 Å². The summed E-state index contributed by atoms with van der Waals surface area (Å²) in [5, 5.41) is 8.89. The summed E-state index contributed by atoms with van der Waals surface area (Å²) in [5.41, 5.74) is 0.630. The Kier molecular flexibility index (Phi) is 3.71. The summed E-state index contributed by atoms with van der Waals surface area (Å²) in [7, 11) is 0. The number of hydrogen-bond acceptors (Lipinski definition) is 2. The molecule has 1 aromatic rings. The van der Waals surface area contributed by atoms with Crippen molar-refractivity contribution in [3.63, 3.8) is 0 Å². The molecule has 0 bridgehead atoms. The Hall–Kier alpha value is -1.36. The van der Waals surface area contributed by atoms with E-state index < -0.39 is 11.9 Å². The Morgan fingerprint density at radius 2 is 2.11 bits per heavy atom. The Bertz CT molecular complexity index is 483. The van der Waals surface area contributed by atoms with E-state index in [1.807, 2.05) is 12.1 Å². The van der Waals surface area contributed by atoms with Crippen molar-refractivity contribution in [1.82, 2.24) is 4.90 Å². The minimum Gasteiger partial charge on any atom is -0.481 e. The third-order valence-electron chi connectivity index (χ3n) is 3.37. The number of hydrogen-bond donors (Lipinski definition) is 1. The third-order valence-corrected chi connectivity index (χ3v) is 3.86. The SMILES string of the molecule is CC(C(=O)O)C1CN(C(=O)c2cccc(Br)c2)C1. The highest BCUT2D eigenvalue weighted by atomic mass is 79.9. The summed E-state index contributed by atoms with van der Waals surface area (Å²) < 4.78 is 0.865. The van der Waals surface area contributed by atoms with Crippen molar-refractivity contribution >= 4 is 27.8 Å². The zero-order valence-electron chi connectivity index (χ0n) is 9.97. The van der Waals surface area contributed by atoms with Crippen LogP contribution >= 0.6 is 15.9 Å². The van der Waals surface area contributed by atoms with Gasteiger partial charge in [-0.15, -0.1) is 0 Å². The van der Waals surface area contributed by atoms with Crippen molar-refractivity contribution in [1.29, 1.82) is 0 Å². The second-order valence-corrected chi connectivity index (χ2v) is 5.52. The lowest BCUT2D eigenvalue weighted by Gasteiger charge is -2.41. The maximum Gasteiger partial charge on any atom is 0.306 e. The number of likely N-dealkylation sites (tertiary alicyclic amines) is 1. The van der Waals surface area contributed by atoms with Crippen molar-refractivity contribution in [2.75, 3.05) is 13.1 Å². The largest absolute Gasteiger partial charge is 0.481 e. The molecule has 0 spiro atoms. The summed E-state index contributed by atoms with van der Waals surface area (Å²) in [5.74, 6) is -1.16. The standard InChI is InChI=1S/C13H14BrNO3/c1-8(13(17)18)10-6-15(7-10)12(16)9-3-2-4-11(14)5-9/h2-5,8,10H,6-7H2,1H3,(H,17,18). The molecule has 1 aliphatic heterocycles. The molecule has 0 aliphatic carbocycles. The minimum atomic E-state index is -0.797. The van der Waals surface area contributed by atoms with Crippen LogP contribution in [0, 0.1) is 11.8 Å². The van der Waals surface area contributed by atoms with Crippen LogP contribution in [0.4, 0.5) is 0 Å². The number of amides is 1. The Morgan fingerprint density at radius 1 is 1.44 bits per heavy atom. The van der Waals surface area contributed by atoms with Crippen LogP contribution in [0.3, 0.4) is 0 Å². The molecule has 1 aliphatic rings. The second-order valence-electron chi connectivity index (χ2n) is 4.61. The molecule has 1 unspecified atom stereocenters. The van der Waals surface area contributed by atoms with E-state index in [2.05, 4.69) is 15.9 Å². The summed E-state index contributed by atoms with van der Waals surface area (Å²) in [4.78, 5) is 24.6. The number of carbonyl (C=O) groups is 2. The van der Waals surface area contributed by atoms with Gasteiger partial charge in [0.15, 0.2) is 0 Å². The first-order chi connectivity index (χ1) is 8.49. The number of carboxylic acid groups (broad SMARTS) is 1. The van der Waals surface area contributed by atoms with E-state index in [4.69, 9.17) is 5.11 Å². The number of halogens is 1. The number of benzene rings is 1. The molecule has 96 valence electrons. The van der Waals surface area contributed by atoms with Crippen LogP contribution in [-0.4, -0.2) is 35.0 Å². The Balaban J connectivity index is 1.96. The van der Waals surface area contributed by atoms with Gasteiger partial charge in [0.1, 0.15) is 0 Å². The molecule has 1 N–H and O–H groups in total. The molecular formula is C13H14BrNO3. The average molecular weight is 312 g/mol. The lowest BCUT2D eigenvalue weighted by Crippen LogP contribution is -2.53. The lowest BCUT2D eigenvalue weighted by molar-refractivity contribution is -0.144. The monoisotopic (exact) mass is 311 g/mol. The molecule has 1 heterocycles. The molecule has 1 amide bonds. The fourth-order valence-electron chi connectivity index (χ4n) is 2.00. The molecule has 0 aromatic heterocycles. The van der Waals surface area contributed by atoms with Crippen molar-refractivity contribution in [3.8, 4) is 0 Å². The van der Waals surface area contributed by atoms with E-state index in [1.165, 1.54) is 0 Å². The predicted octanol–water partition coefficient (Wildman–Crippen LogP) is 2.24. The molecule has 4 nitrogen and oxygen atoms in total. The number of nitrogens with zero attached hydrogens (tertiary/aromatic N) is 1. The predicted molar refractivity (Wildman–Crippen MR) is 70.3 cm³/mol. The van der Waals surface area contributed by atoms with E-state index in [0.717, 1.165) is 4.47 Å². The van der Waals surface area contributed by atoms with Gasteiger partial charge in [-0.05, 0) is 18.2 Å².